The van der Waals surface area contributed by atoms with Crippen molar-refractivity contribution < 1.29 is 10.2 Å². The van der Waals surface area contributed by atoms with E-state index < -0.39 is 4.11 Å². The lowest BCUT2D eigenvalue weighted by atomic mass is 10.2. The molecule has 44 valence electrons. The van der Waals surface area contributed by atoms with E-state index in [1.807, 2.05) is 22.6 Å². The van der Waals surface area contributed by atoms with Gasteiger partial charge in [0.1, 0.15) is 4.11 Å². The van der Waals surface area contributed by atoms with E-state index in [2.05, 4.69) is 0 Å². The van der Waals surface area contributed by atoms with Crippen molar-refractivity contribution in [1.82, 2.24) is 0 Å². The van der Waals surface area contributed by atoms with Crippen LogP contribution in [0.5, 0.6) is 0 Å². The van der Waals surface area contributed by atoms with Gasteiger partial charge in [0.2, 0.25) is 0 Å². The lowest BCUT2D eigenvalue weighted by Crippen LogP contribution is -2.12. The molecule has 3 heteroatoms. The lowest BCUT2D eigenvalue weighted by molar-refractivity contribution is 0.149. The topological polar surface area (TPSA) is 40.5 Å². The van der Waals surface area contributed by atoms with Crippen molar-refractivity contribution in [3.8, 4) is 0 Å². The van der Waals surface area contributed by atoms with E-state index in [4.69, 9.17) is 10.2 Å². The largest absolute Gasteiger partial charge is 0.396 e. The second-order valence-electron chi connectivity index (χ2n) is 1.53. The minimum absolute atomic E-state index is 0.000556. The highest BCUT2D eigenvalue weighted by molar-refractivity contribution is 14.1. The first-order chi connectivity index (χ1) is 3.18. The van der Waals surface area contributed by atoms with Crippen LogP contribution in [-0.2, 0) is 0 Å². The van der Waals surface area contributed by atoms with E-state index in [1.54, 1.807) is 6.92 Å². The van der Waals surface area contributed by atoms with Crippen molar-refractivity contribution >= 4 is 22.6 Å². The zero-order valence-electron chi connectivity index (χ0n) is 4.13. The van der Waals surface area contributed by atoms with Gasteiger partial charge in [-0.25, -0.2) is 0 Å². The molecule has 0 bridgehead atoms. The zero-order valence-corrected chi connectivity index (χ0v) is 6.29. The maximum absolute atomic E-state index is 8.65. The van der Waals surface area contributed by atoms with Crippen molar-refractivity contribution in [1.29, 1.82) is 0 Å². The Morgan fingerprint density at radius 1 is 1.71 bits per heavy atom. The summed E-state index contributed by atoms with van der Waals surface area (Å²) in [5, 5.41) is 17.0. The Hall–Kier alpha value is 0.650. The number of hydrogen-bond acceptors (Lipinski definition) is 2. The number of aliphatic hydroxyl groups excluding tert-OH is 2. The minimum Gasteiger partial charge on any atom is -0.396 e. The quantitative estimate of drug-likeness (QED) is 0.517. The molecule has 2 N–H and O–H groups in total. The van der Waals surface area contributed by atoms with Gasteiger partial charge in [0.15, 0.2) is 0 Å². The molecular formula is C4H9IO2. The molecule has 0 aromatic rings. The minimum atomic E-state index is -0.414. The van der Waals surface area contributed by atoms with Gasteiger partial charge in [-0.05, 0) is 0 Å². The molecule has 0 amide bonds. The summed E-state index contributed by atoms with van der Waals surface area (Å²) in [5.41, 5.74) is 0. The van der Waals surface area contributed by atoms with E-state index in [1.165, 1.54) is 0 Å². The summed E-state index contributed by atoms with van der Waals surface area (Å²) >= 11 is 1.86. The van der Waals surface area contributed by atoms with Gasteiger partial charge in [-0.2, -0.15) is 0 Å². The molecule has 0 rings (SSSR count). The maximum Gasteiger partial charge on any atom is 0.110 e. The molecule has 0 saturated carbocycles. The monoisotopic (exact) mass is 216 g/mol. The second-order valence-corrected chi connectivity index (χ2v) is 2.81. The van der Waals surface area contributed by atoms with Crippen LogP contribution in [0.15, 0.2) is 0 Å². The molecule has 7 heavy (non-hydrogen) atoms. The highest BCUT2D eigenvalue weighted by Crippen LogP contribution is 2.07. The molecule has 0 saturated heterocycles. The van der Waals surface area contributed by atoms with Crippen LogP contribution < -0.4 is 0 Å². The number of halogens is 1. The fraction of sp³-hybridized carbons (Fsp3) is 1.00. The molecule has 0 heterocycles. The van der Waals surface area contributed by atoms with Crippen molar-refractivity contribution in [2.45, 2.75) is 11.0 Å². The molecule has 0 radical (unpaired) electrons. The molecule has 0 aliphatic heterocycles. The van der Waals surface area contributed by atoms with Crippen molar-refractivity contribution in [2.75, 3.05) is 6.61 Å². The van der Waals surface area contributed by atoms with Gasteiger partial charge in [0.25, 0.3) is 0 Å². The third-order valence-corrected chi connectivity index (χ3v) is 1.99. The van der Waals surface area contributed by atoms with Crippen molar-refractivity contribution in [3.05, 3.63) is 0 Å². The van der Waals surface area contributed by atoms with Crippen molar-refractivity contribution in [2.24, 2.45) is 5.92 Å². The van der Waals surface area contributed by atoms with Gasteiger partial charge < -0.3 is 10.2 Å². The van der Waals surface area contributed by atoms with Crippen LogP contribution >= 0.6 is 22.6 Å². The van der Waals surface area contributed by atoms with E-state index in [9.17, 15) is 0 Å². The van der Waals surface area contributed by atoms with Gasteiger partial charge in [-0.15, -0.1) is 0 Å². The van der Waals surface area contributed by atoms with Crippen LogP contribution in [0.4, 0.5) is 0 Å². The summed E-state index contributed by atoms with van der Waals surface area (Å²) in [7, 11) is 0. The Morgan fingerprint density at radius 3 is 2.14 bits per heavy atom. The first-order valence-corrected chi connectivity index (χ1v) is 3.36. The third kappa shape index (κ3) is 3.25. The predicted octanol–water partition coefficient (Wildman–Crippen LogP) is 0.368. The highest BCUT2D eigenvalue weighted by Gasteiger charge is 2.06. The summed E-state index contributed by atoms with van der Waals surface area (Å²) in [6.07, 6.45) is 0. The molecule has 0 aliphatic carbocycles. The number of hydrogen-bond donors (Lipinski definition) is 2. The van der Waals surface area contributed by atoms with E-state index in [-0.39, 0.29) is 12.5 Å². The van der Waals surface area contributed by atoms with Crippen LogP contribution in [0.2, 0.25) is 0 Å². The average molecular weight is 216 g/mol. The Labute approximate surface area is 56.7 Å². The van der Waals surface area contributed by atoms with Crippen LogP contribution in [-0.4, -0.2) is 20.9 Å². The molecule has 2 atom stereocenters. The summed E-state index contributed by atoms with van der Waals surface area (Å²) < 4.78 is -0.414. The highest BCUT2D eigenvalue weighted by atomic mass is 127. The van der Waals surface area contributed by atoms with Gasteiger partial charge in [-0.3, -0.25) is 0 Å². The number of rotatable bonds is 2. The van der Waals surface area contributed by atoms with Gasteiger partial charge in [0, 0.05) is 12.5 Å². The standard InChI is InChI=1S/C4H9IO2/c1-3(2-6)4(5)7/h3-4,6-7H,2H2,1H3. The zero-order chi connectivity index (χ0) is 5.86. The molecule has 0 aromatic carbocycles. The summed E-state index contributed by atoms with van der Waals surface area (Å²) in [6, 6.07) is 0. The molecule has 2 nitrogen and oxygen atoms in total. The predicted molar refractivity (Wildman–Crippen MR) is 36.3 cm³/mol. The van der Waals surface area contributed by atoms with Crippen LogP contribution in [0.3, 0.4) is 0 Å². The van der Waals surface area contributed by atoms with Crippen LogP contribution in [0.25, 0.3) is 0 Å². The molecule has 0 fully saturated rings. The first-order valence-electron chi connectivity index (χ1n) is 2.11. The Bertz CT molecular complexity index is 47.0. The molecule has 0 aliphatic rings. The van der Waals surface area contributed by atoms with Gasteiger partial charge in [0.05, 0.1) is 0 Å². The summed E-state index contributed by atoms with van der Waals surface area (Å²) in [5.74, 6) is 0.000556. The lowest BCUT2D eigenvalue weighted by Gasteiger charge is -2.06. The van der Waals surface area contributed by atoms with Crippen LogP contribution in [0, 0.1) is 5.92 Å². The number of alkyl halides is 1. The van der Waals surface area contributed by atoms with Gasteiger partial charge in [-0.1, -0.05) is 29.5 Å². The Balaban J connectivity index is 3.14. The summed E-state index contributed by atoms with van der Waals surface area (Å²) in [6.45, 7) is 1.85. The normalized spacial score (nSPS) is 18.9. The van der Waals surface area contributed by atoms with E-state index >= 15 is 0 Å². The SMILES string of the molecule is CC(CO)C(O)I. The smallest absolute Gasteiger partial charge is 0.110 e. The van der Waals surface area contributed by atoms with Gasteiger partial charge >= 0.3 is 0 Å². The molecule has 2 unspecified atom stereocenters. The van der Waals surface area contributed by atoms with E-state index in [0.717, 1.165) is 0 Å². The Kier molecular flexibility index (Phi) is 3.96. The molecular weight excluding hydrogens is 207 g/mol. The average Bonchev–Trinajstić information content (AvgIpc) is 1.65. The maximum atomic E-state index is 8.65. The number of aliphatic hydroxyl groups is 2. The van der Waals surface area contributed by atoms with Crippen molar-refractivity contribution in [3.63, 3.8) is 0 Å². The fourth-order valence-electron chi connectivity index (χ4n) is 0.0870. The second kappa shape index (κ2) is 3.63. The van der Waals surface area contributed by atoms with Crippen LogP contribution in [0.1, 0.15) is 6.92 Å². The first kappa shape index (κ1) is 7.65. The third-order valence-electron chi connectivity index (χ3n) is 0.758. The molecule has 0 spiro atoms. The Morgan fingerprint density at radius 2 is 2.14 bits per heavy atom. The fourth-order valence-corrected chi connectivity index (χ4v) is 0.314. The summed E-state index contributed by atoms with van der Waals surface area (Å²) in [4.78, 5) is 0. The van der Waals surface area contributed by atoms with E-state index in [0.29, 0.717) is 0 Å². The molecule has 0 aromatic heterocycles.